The van der Waals surface area contributed by atoms with Crippen LogP contribution in [-0.2, 0) is 28.6 Å². The van der Waals surface area contributed by atoms with Crippen LogP contribution in [0.5, 0.6) is 0 Å². The number of allylic oxidation sites excluding steroid dienone is 16. The van der Waals surface area contributed by atoms with Gasteiger partial charge in [-0.05, 0) is 96.3 Å². The van der Waals surface area contributed by atoms with E-state index in [-0.39, 0.29) is 37.5 Å². The predicted molar refractivity (Wildman–Crippen MR) is 242 cm³/mol. The van der Waals surface area contributed by atoms with E-state index in [9.17, 15) is 14.4 Å². The van der Waals surface area contributed by atoms with Gasteiger partial charge in [-0.1, -0.05) is 169 Å². The number of hydrogen-bond donors (Lipinski definition) is 0. The van der Waals surface area contributed by atoms with Crippen molar-refractivity contribution in [1.29, 1.82) is 0 Å². The fourth-order valence-electron chi connectivity index (χ4n) is 5.63. The normalized spacial score (nSPS) is 13.0. The number of esters is 3. The summed E-state index contributed by atoms with van der Waals surface area (Å²) in [7, 11) is 0. The first-order valence-corrected chi connectivity index (χ1v) is 22.7. The van der Waals surface area contributed by atoms with Crippen molar-refractivity contribution >= 4 is 17.9 Å². The molecule has 57 heavy (non-hydrogen) atoms. The van der Waals surface area contributed by atoms with Gasteiger partial charge in [0, 0.05) is 19.3 Å². The monoisotopic (exact) mass is 791 g/mol. The van der Waals surface area contributed by atoms with Gasteiger partial charge in [0.15, 0.2) is 6.10 Å². The summed E-state index contributed by atoms with van der Waals surface area (Å²) in [5.74, 6) is -1.06. The van der Waals surface area contributed by atoms with E-state index < -0.39 is 6.10 Å². The summed E-state index contributed by atoms with van der Waals surface area (Å²) in [6.45, 7) is 6.32. The maximum Gasteiger partial charge on any atom is 0.306 e. The van der Waals surface area contributed by atoms with Crippen molar-refractivity contribution in [3.8, 4) is 0 Å². The van der Waals surface area contributed by atoms with Gasteiger partial charge in [0.1, 0.15) is 13.2 Å². The SMILES string of the molecule is CC/C=C\C/C=C\C/C=C\C/C=C\C/C=C\C/C=C\CCC(=O)OCC(COC(=O)CCC/C=C\CCCCCC)OC(=O)CCCCCCC/C=C\CCCC. The van der Waals surface area contributed by atoms with Crippen LogP contribution in [0.25, 0.3) is 0 Å². The lowest BCUT2D eigenvalue weighted by molar-refractivity contribution is -0.166. The molecule has 0 bridgehead atoms. The molecular formula is C51H82O6. The van der Waals surface area contributed by atoms with Crippen molar-refractivity contribution in [2.45, 2.75) is 194 Å². The van der Waals surface area contributed by atoms with Crippen LogP contribution < -0.4 is 0 Å². The molecule has 6 nitrogen and oxygen atoms in total. The molecule has 0 aliphatic heterocycles. The van der Waals surface area contributed by atoms with Crippen molar-refractivity contribution in [2.24, 2.45) is 0 Å². The highest BCUT2D eigenvalue weighted by Crippen LogP contribution is 2.11. The molecule has 0 rings (SSSR count). The van der Waals surface area contributed by atoms with E-state index in [1.54, 1.807) is 0 Å². The summed E-state index contributed by atoms with van der Waals surface area (Å²) in [5, 5.41) is 0. The molecule has 0 aliphatic carbocycles. The van der Waals surface area contributed by atoms with Gasteiger partial charge in [-0.3, -0.25) is 14.4 Å². The van der Waals surface area contributed by atoms with Gasteiger partial charge in [0.2, 0.25) is 0 Å². The summed E-state index contributed by atoms with van der Waals surface area (Å²) < 4.78 is 16.6. The molecule has 0 saturated heterocycles. The molecule has 0 amide bonds. The number of ether oxygens (including phenoxy) is 3. The first-order valence-electron chi connectivity index (χ1n) is 22.7. The Morgan fingerprint density at radius 1 is 0.368 bits per heavy atom. The topological polar surface area (TPSA) is 78.9 Å². The first-order chi connectivity index (χ1) is 28.0. The van der Waals surface area contributed by atoms with E-state index in [0.29, 0.717) is 25.7 Å². The van der Waals surface area contributed by atoms with Crippen LogP contribution in [-0.4, -0.2) is 37.2 Å². The van der Waals surface area contributed by atoms with Crippen LogP contribution in [0.4, 0.5) is 0 Å². The highest BCUT2D eigenvalue weighted by atomic mass is 16.6. The third-order valence-corrected chi connectivity index (χ3v) is 9.06. The first kappa shape index (κ1) is 53.3. The van der Waals surface area contributed by atoms with Crippen LogP contribution in [0.3, 0.4) is 0 Å². The second-order valence-corrected chi connectivity index (χ2v) is 14.6. The van der Waals surface area contributed by atoms with E-state index in [2.05, 4.69) is 106 Å². The molecule has 1 unspecified atom stereocenters. The van der Waals surface area contributed by atoms with Crippen LogP contribution in [0.1, 0.15) is 188 Å². The van der Waals surface area contributed by atoms with E-state index >= 15 is 0 Å². The molecule has 1 atom stereocenters. The lowest BCUT2D eigenvalue weighted by Gasteiger charge is -2.18. The zero-order chi connectivity index (χ0) is 41.5. The average Bonchev–Trinajstić information content (AvgIpc) is 3.21. The van der Waals surface area contributed by atoms with Crippen molar-refractivity contribution in [3.05, 3.63) is 97.2 Å². The molecular weight excluding hydrogens is 709 g/mol. The van der Waals surface area contributed by atoms with Gasteiger partial charge in [-0.25, -0.2) is 0 Å². The third-order valence-electron chi connectivity index (χ3n) is 9.06. The summed E-state index contributed by atoms with van der Waals surface area (Å²) in [5.41, 5.74) is 0. The van der Waals surface area contributed by atoms with Gasteiger partial charge >= 0.3 is 17.9 Å². The Labute approximate surface area is 349 Å². The van der Waals surface area contributed by atoms with E-state index in [0.717, 1.165) is 83.5 Å². The minimum atomic E-state index is -0.821. The van der Waals surface area contributed by atoms with Crippen molar-refractivity contribution in [2.75, 3.05) is 13.2 Å². The van der Waals surface area contributed by atoms with E-state index in [4.69, 9.17) is 14.2 Å². The zero-order valence-corrected chi connectivity index (χ0v) is 36.6. The lowest BCUT2D eigenvalue weighted by Crippen LogP contribution is -2.30. The molecule has 0 aliphatic rings. The fourth-order valence-corrected chi connectivity index (χ4v) is 5.63. The van der Waals surface area contributed by atoms with Gasteiger partial charge < -0.3 is 14.2 Å². The Balaban J connectivity index is 4.50. The van der Waals surface area contributed by atoms with Gasteiger partial charge in [-0.2, -0.15) is 0 Å². The average molecular weight is 791 g/mol. The molecule has 0 aromatic rings. The summed E-state index contributed by atoms with van der Waals surface area (Å²) in [4.78, 5) is 37.6. The van der Waals surface area contributed by atoms with Crippen LogP contribution in [0.2, 0.25) is 0 Å². The summed E-state index contributed by atoms with van der Waals surface area (Å²) >= 11 is 0. The molecule has 0 heterocycles. The third kappa shape index (κ3) is 43.3. The molecule has 0 aromatic heterocycles. The molecule has 0 saturated carbocycles. The lowest BCUT2D eigenvalue weighted by atomic mass is 10.1. The summed E-state index contributed by atoms with van der Waals surface area (Å²) in [6, 6.07) is 0. The van der Waals surface area contributed by atoms with Gasteiger partial charge in [0.25, 0.3) is 0 Å². The molecule has 0 N–H and O–H groups in total. The Bertz CT molecular complexity index is 1180. The number of carbonyl (C=O) groups excluding carboxylic acids is 3. The van der Waals surface area contributed by atoms with Gasteiger partial charge in [-0.15, -0.1) is 0 Å². The molecule has 0 spiro atoms. The number of rotatable bonds is 39. The minimum Gasteiger partial charge on any atom is -0.462 e. The van der Waals surface area contributed by atoms with Crippen molar-refractivity contribution in [3.63, 3.8) is 0 Å². The van der Waals surface area contributed by atoms with Crippen LogP contribution >= 0.6 is 0 Å². The van der Waals surface area contributed by atoms with Gasteiger partial charge in [0.05, 0.1) is 0 Å². The molecule has 0 radical (unpaired) electrons. The highest BCUT2D eigenvalue weighted by molar-refractivity contribution is 5.71. The Morgan fingerprint density at radius 2 is 0.754 bits per heavy atom. The fraction of sp³-hybridized carbons (Fsp3) is 0.627. The largest absolute Gasteiger partial charge is 0.462 e. The molecule has 322 valence electrons. The zero-order valence-electron chi connectivity index (χ0n) is 36.6. The Morgan fingerprint density at radius 3 is 1.28 bits per heavy atom. The number of hydrogen-bond acceptors (Lipinski definition) is 6. The van der Waals surface area contributed by atoms with Crippen molar-refractivity contribution < 1.29 is 28.6 Å². The number of carbonyl (C=O) groups is 3. The Hall–Kier alpha value is -3.67. The molecule has 0 fully saturated rings. The molecule has 0 aromatic carbocycles. The van der Waals surface area contributed by atoms with Crippen LogP contribution in [0, 0.1) is 0 Å². The second kappa shape index (κ2) is 45.0. The second-order valence-electron chi connectivity index (χ2n) is 14.6. The maximum atomic E-state index is 12.7. The maximum absolute atomic E-state index is 12.7. The molecule has 6 heteroatoms. The quantitative estimate of drug-likeness (QED) is 0.0267. The standard InChI is InChI=1S/C51H82O6/c1-4-7-10-13-16-19-21-22-23-24-25-26-27-28-30-32-35-38-41-44-50(53)56-47-48(46-55-49(52)43-40-37-34-31-18-15-12-9-6-3)57-51(54)45-42-39-36-33-29-20-17-14-11-8-5-2/h7,10,14,16-17,19,22-23,25-26,28,30-31,34-35,38,48H,4-6,8-9,11-13,15,18,20-21,24,27,29,32-33,36-37,39-47H2,1-3H3/b10-7-,17-14-,19-16-,23-22-,26-25-,30-28-,34-31-,38-35-. The minimum absolute atomic E-state index is 0.121. The van der Waals surface area contributed by atoms with Crippen molar-refractivity contribution in [1.82, 2.24) is 0 Å². The highest BCUT2D eigenvalue weighted by Gasteiger charge is 2.19. The number of unbranched alkanes of at least 4 members (excludes halogenated alkanes) is 12. The summed E-state index contributed by atoms with van der Waals surface area (Å²) in [6.07, 6.45) is 58.4. The Kier molecular flexibility index (Phi) is 42.1. The van der Waals surface area contributed by atoms with Crippen LogP contribution in [0.15, 0.2) is 97.2 Å². The van der Waals surface area contributed by atoms with E-state index in [1.165, 1.54) is 51.4 Å². The smallest absolute Gasteiger partial charge is 0.306 e. The predicted octanol–water partition coefficient (Wildman–Crippen LogP) is 14.6. The van der Waals surface area contributed by atoms with E-state index in [1.807, 2.05) is 12.2 Å².